The quantitative estimate of drug-likeness (QED) is 0.716. The highest BCUT2D eigenvalue weighted by Crippen LogP contribution is 2.40. The predicted octanol–water partition coefficient (Wildman–Crippen LogP) is 1.43. The fourth-order valence-corrected chi connectivity index (χ4v) is 3.91. The van der Waals surface area contributed by atoms with Gasteiger partial charge in [0.15, 0.2) is 0 Å². The van der Waals surface area contributed by atoms with Gasteiger partial charge in [-0.15, -0.1) is 0 Å². The van der Waals surface area contributed by atoms with Crippen LogP contribution >= 0.6 is 0 Å². The number of carbonyl (C=O) groups is 2. The van der Waals surface area contributed by atoms with Crippen molar-refractivity contribution in [3.05, 3.63) is 0 Å². The molecule has 1 aliphatic heterocycles. The van der Waals surface area contributed by atoms with Gasteiger partial charge in [0.25, 0.3) is 0 Å². The number of likely N-dealkylation sites (tertiary alicyclic amines) is 1. The molecule has 3 rings (SSSR count). The Morgan fingerprint density at radius 3 is 1.83 bits per heavy atom. The van der Waals surface area contributed by atoms with Gasteiger partial charge in [-0.3, -0.25) is 14.5 Å². The van der Waals surface area contributed by atoms with Gasteiger partial charge in [0.05, 0.1) is 11.8 Å². The molecule has 1 heterocycles. The average Bonchev–Trinajstić information content (AvgIpc) is 2.64. The van der Waals surface area contributed by atoms with E-state index >= 15 is 0 Å². The maximum atomic E-state index is 12.4. The maximum absolute atomic E-state index is 12.4. The smallest absolute Gasteiger partial charge is 0.233 e. The van der Waals surface area contributed by atoms with Crippen molar-refractivity contribution < 1.29 is 9.59 Å². The summed E-state index contributed by atoms with van der Waals surface area (Å²) in [5.41, 5.74) is 5.89. The Morgan fingerprint density at radius 1 is 0.833 bits per heavy atom. The van der Waals surface area contributed by atoms with E-state index in [1.807, 2.05) is 0 Å². The Hall–Kier alpha value is -0.900. The summed E-state index contributed by atoms with van der Waals surface area (Å²) in [6.07, 6.45) is 7.72. The third-order valence-electron chi connectivity index (χ3n) is 4.98. The molecule has 2 unspecified atom stereocenters. The van der Waals surface area contributed by atoms with E-state index in [2.05, 4.69) is 0 Å². The van der Waals surface area contributed by atoms with Crippen LogP contribution in [-0.2, 0) is 9.59 Å². The average molecular weight is 250 g/mol. The van der Waals surface area contributed by atoms with Crippen molar-refractivity contribution >= 4 is 11.8 Å². The predicted molar refractivity (Wildman–Crippen MR) is 67.5 cm³/mol. The molecule has 2 amide bonds. The lowest BCUT2D eigenvalue weighted by Gasteiger charge is -2.32. The summed E-state index contributed by atoms with van der Waals surface area (Å²) in [4.78, 5) is 26.4. The van der Waals surface area contributed by atoms with Crippen molar-refractivity contribution in [1.82, 2.24) is 4.90 Å². The van der Waals surface area contributed by atoms with Crippen LogP contribution in [0.3, 0.4) is 0 Å². The Kier molecular flexibility index (Phi) is 3.14. The molecule has 3 aliphatic rings. The minimum Gasteiger partial charge on any atom is -0.328 e. The second-order valence-electron chi connectivity index (χ2n) is 6.11. The highest BCUT2D eigenvalue weighted by molar-refractivity contribution is 6.05. The van der Waals surface area contributed by atoms with Gasteiger partial charge in [0.2, 0.25) is 11.8 Å². The molecule has 2 saturated carbocycles. The molecule has 2 aliphatic carbocycles. The van der Waals surface area contributed by atoms with Gasteiger partial charge < -0.3 is 5.73 Å². The summed E-state index contributed by atoms with van der Waals surface area (Å²) in [6, 6.07) is 0.395. The summed E-state index contributed by atoms with van der Waals surface area (Å²) >= 11 is 0. The molecular formula is C14H22N2O2. The molecule has 2 atom stereocenters. The topological polar surface area (TPSA) is 63.4 Å². The summed E-state index contributed by atoms with van der Waals surface area (Å²) < 4.78 is 0. The first-order valence-electron chi connectivity index (χ1n) is 7.31. The summed E-state index contributed by atoms with van der Waals surface area (Å²) in [5.74, 6) is 0.235. The molecule has 0 bridgehead atoms. The molecule has 0 aromatic carbocycles. The van der Waals surface area contributed by atoms with Crippen LogP contribution < -0.4 is 5.73 Å². The van der Waals surface area contributed by atoms with Crippen LogP contribution in [0.25, 0.3) is 0 Å². The van der Waals surface area contributed by atoms with Gasteiger partial charge in [-0.25, -0.2) is 0 Å². The first kappa shape index (κ1) is 12.2. The molecule has 3 fully saturated rings. The first-order chi connectivity index (χ1) is 8.68. The van der Waals surface area contributed by atoms with Gasteiger partial charge in [-0.05, 0) is 38.5 Å². The number of nitrogens with zero attached hydrogens (tertiary/aromatic N) is 1. The zero-order chi connectivity index (χ0) is 12.7. The Morgan fingerprint density at radius 2 is 1.33 bits per heavy atom. The van der Waals surface area contributed by atoms with Gasteiger partial charge in [-0.1, -0.05) is 12.8 Å². The van der Waals surface area contributed by atoms with E-state index in [1.54, 1.807) is 4.90 Å². The molecule has 0 aromatic rings. The van der Waals surface area contributed by atoms with Crippen LogP contribution in [-0.4, -0.2) is 28.8 Å². The number of hydrogen-bond donors (Lipinski definition) is 1. The van der Waals surface area contributed by atoms with E-state index in [0.717, 1.165) is 51.4 Å². The van der Waals surface area contributed by atoms with E-state index in [4.69, 9.17) is 5.73 Å². The van der Waals surface area contributed by atoms with Crippen LogP contribution in [0.15, 0.2) is 0 Å². The molecule has 2 N–H and O–H groups in total. The molecule has 4 nitrogen and oxygen atoms in total. The largest absolute Gasteiger partial charge is 0.328 e. The fraction of sp³-hybridized carbons (Fsp3) is 0.857. The molecule has 4 heteroatoms. The van der Waals surface area contributed by atoms with Crippen LogP contribution in [0.4, 0.5) is 0 Å². The molecule has 0 spiro atoms. The number of fused-ring (bicyclic) bond motifs is 1. The Bertz CT molecular complexity index is 337. The standard InChI is InChI=1S/C14H22N2O2/c15-9-5-7-10(8-6-9)16-13(17)11-3-1-2-4-12(11)14(16)18/h9-12H,1-8,15H2. The van der Waals surface area contributed by atoms with Crippen molar-refractivity contribution in [1.29, 1.82) is 0 Å². The summed E-state index contributed by atoms with van der Waals surface area (Å²) in [6.45, 7) is 0. The van der Waals surface area contributed by atoms with Crippen LogP contribution in [0.5, 0.6) is 0 Å². The van der Waals surface area contributed by atoms with Gasteiger partial charge >= 0.3 is 0 Å². The van der Waals surface area contributed by atoms with E-state index in [9.17, 15) is 9.59 Å². The summed E-state index contributed by atoms with van der Waals surface area (Å²) in [5, 5.41) is 0. The number of rotatable bonds is 1. The van der Waals surface area contributed by atoms with Gasteiger partial charge in [-0.2, -0.15) is 0 Å². The van der Waals surface area contributed by atoms with E-state index in [1.165, 1.54) is 0 Å². The normalized spacial score (nSPS) is 41.1. The molecular weight excluding hydrogens is 228 g/mol. The molecule has 0 radical (unpaired) electrons. The molecule has 1 saturated heterocycles. The zero-order valence-electron chi connectivity index (χ0n) is 10.8. The molecule has 0 aromatic heterocycles. The second kappa shape index (κ2) is 4.65. The monoisotopic (exact) mass is 250 g/mol. The van der Waals surface area contributed by atoms with Crippen molar-refractivity contribution in [2.75, 3.05) is 0 Å². The minimum absolute atomic E-state index is 0.00171. The lowest BCUT2D eigenvalue weighted by molar-refractivity contribution is -0.143. The molecule has 18 heavy (non-hydrogen) atoms. The SMILES string of the molecule is NC1CCC(N2C(=O)C3CCCCC3C2=O)CC1. The van der Waals surface area contributed by atoms with Crippen molar-refractivity contribution in [3.63, 3.8) is 0 Å². The van der Waals surface area contributed by atoms with Crippen LogP contribution in [0.1, 0.15) is 51.4 Å². The Labute approximate surface area is 108 Å². The van der Waals surface area contributed by atoms with E-state index < -0.39 is 0 Å². The van der Waals surface area contributed by atoms with Gasteiger partial charge in [0, 0.05) is 12.1 Å². The Balaban J connectivity index is 1.76. The van der Waals surface area contributed by atoms with E-state index in [0.29, 0.717) is 0 Å². The third-order valence-corrected chi connectivity index (χ3v) is 4.98. The van der Waals surface area contributed by atoms with Crippen molar-refractivity contribution in [2.45, 2.75) is 63.5 Å². The van der Waals surface area contributed by atoms with E-state index in [-0.39, 0.29) is 35.7 Å². The zero-order valence-corrected chi connectivity index (χ0v) is 10.8. The van der Waals surface area contributed by atoms with Crippen molar-refractivity contribution in [2.24, 2.45) is 17.6 Å². The second-order valence-corrected chi connectivity index (χ2v) is 6.11. The van der Waals surface area contributed by atoms with Crippen molar-refractivity contribution in [3.8, 4) is 0 Å². The van der Waals surface area contributed by atoms with Crippen LogP contribution in [0.2, 0.25) is 0 Å². The lowest BCUT2D eigenvalue weighted by atomic mass is 9.81. The van der Waals surface area contributed by atoms with Gasteiger partial charge in [0.1, 0.15) is 0 Å². The number of imide groups is 1. The molecule has 100 valence electrons. The first-order valence-corrected chi connectivity index (χ1v) is 7.31. The fourth-order valence-electron chi connectivity index (χ4n) is 3.91. The highest BCUT2D eigenvalue weighted by Gasteiger charge is 2.50. The third kappa shape index (κ3) is 1.87. The summed E-state index contributed by atoms with van der Waals surface area (Å²) in [7, 11) is 0. The number of hydrogen-bond acceptors (Lipinski definition) is 3. The maximum Gasteiger partial charge on any atom is 0.233 e. The number of nitrogens with two attached hydrogens (primary N) is 1. The van der Waals surface area contributed by atoms with Crippen LogP contribution in [0, 0.1) is 11.8 Å². The highest BCUT2D eigenvalue weighted by atomic mass is 16.2. The number of amides is 2. The minimum atomic E-state index is 0.00171. The lowest BCUT2D eigenvalue weighted by Crippen LogP contribution is -2.44. The number of carbonyl (C=O) groups excluding carboxylic acids is 2.